The van der Waals surface area contributed by atoms with Crippen molar-refractivity contribution in [3.8, 4) is 11.1 Å². The molecule has 0 aliphatic heterocycles. The van der Waals surface area contributed by atoms with Crippen molar-refractivity contribution in [3.05, 3.63) is 54.6 Å². The SMILES string of the molecule is CCNCCC(=O)Nc1ccccc1-c1ccccc1. The Hall–Kier alpha value is -2.13. The van der Waals surface area contributed by atoms with Gasteiger partial charge in [-0.25, -0.2) is 0 Å². The van der Waals surface area contributed by atoms with Gasteiger partial charge in [0.05, 0.1) is 0 Å². The minimum Gasteiger partial charge on any atom is -0.325 e. The van der Waals surface area contributed by atoms with Gasteiger partial charge in [0.1, 0.15) is 0 Å². The average Bonchev–Trinajstić information content (AvgIpc) is 2.49. The monoisotopic (exact) mass is 268 g/mol. The highest BCUT2D eigenvalue weighted by molar-refractivity contribution is 5.95. The van der Waals surface area contributed by atoms with Crippen molar-refractivity contribution in [2.75, 3.05) is 18.4 Å². The number of hydrogen-bond donors (Lipinski definition) is 2. The van der Waals surface area contributed by atoms with E-state index in [1.165, 1.54) is 0 Å². The molecule has 0 fully saturated rings. The fourth-order valence-electron chi connectivity index (χ4n) is 2.05. The lowest BCUT2D eigenvalue weighted by Gasteiger charge is -2.11. The second kappa shape index (κ2) is 7.46. The predicted molar refractivity (Wildman–Crippen MR) is 83.7 cm³/mol. The fraction of sp³-hybridized carbons (Fsp3) is 0.235. The molecule has 0 bridgehead atoms. The van der Waals surface area contributed by atoms with Gasteiger partial charge in [-0.2, -0.15) is 0 Å². The number of para-hydroxylation sites is 1. The van der Waals surface area contributed by atoms with E-state index in [2.05, 4.69) is 10.6 Å². The summed E-state index contributed by atoms with van der Waals surface area (Å²) in [5, 5.41) is 6.14. The summed E-state index contributed by atoms with van der Waals surface area (Å²) in [6.07, 6.45) is 0.483. The zero-order valence-electron chi connectivity index (χ0n) is 11.7. The highest BCUT2D eigenvalue weighted by Gasteiger charge is 2.07. The van der Waals surface area contributed by atoms with Gasteiger partial charge < -0.3 is 10.6 Å². The van der Waals surface area contributed by atoms with Gasteiger partial charge in [-0.05, 0) is 18.2 Å². The molecule has 0 heterocycles. The van der Waals surface area contributed by atoms with Gasteiger partial charge in [0.25, 0.3) is 0 Å². The van der Waals surface area contributed by atoms with Crippen LogP contribution in [0.2, 0.25) is 0 Å². The van der Waals surface area contributed by atoms with E-state index in [-0.39, 0.29) is 5.91 Å². The predicted octanol–water partition coefficient (Wildman–Crippen LogP) is 3.29. The second-order valence-electron chi connectivity index (χ2n) is 4.56. The maximum absolute atomic E-state index is 11.9. The van der Waals surface area contributed by atoms with Crippen molar-refractivity contribution in [2.45, 2.75) is 13.3 Å². The summed E-state index contributed by atoms with van der Waals surface area (Å²) in [4.78, 5) is 11.9. The van der Waals surface area contributed by atoms with Crippen molar-refractivity contribution in [1.82, 2.24) is 5.32 Å². The molecule has 0 spiro atoms. The molecule has 0 radical (unpaired) electrons. The fourth-order valence-corrected chi connectivity index (χ4v) is 2.05. The summed E-state index contributed by atoms with van der Waals surface area (Å²) >= 11 is 0. The number of nitrogens with one attached hydrogen (secondary N) is 2. The van der Waals surface area contributed by atoms with E-state index in [0.29, 0.717) is 13.0 Å². The molecule has 2 rings (SSSR count). The lowest BCUT2D eigenvalue weighted by molar-refractivity contribution is -0.116. The first-order chi connectivity index (χ1) is 9.81. The number of anilines is 1. The molecule has 2 N–H and O–H groups in total. The highest BCUT2D eigenvalue weighted by atomic mass is 16.1. The molecule has 3 heteroatoms. The number of carbonyl (C=O) groups is 1. The quantitative estimate of drug-likeness (QED) is 0.789. The molecule has 0 unspecified atom stereocenters. The van der Waals surface area contributed by atoms with Gasteiger partial charge in [-0.1, -0.05) is 55.5 Å². The van der Waals surface area contributed by atoms with Crippen LogP contribution in [0.3, 0.4) is 0 Å². The average molecular weight is 268 g/mol. The normalized spacial score (nSPS) is 10.2. The molecular formula is C17H20N2O. The van der Waals surface area contributed by atoms with Crippen LogP contribution < -0.4 is 10.6 Å². The van der Waals surface area contributed by atoms with E-state index in [4.69, 9.17) is 0 Å². The lowest BCUT2D eigenvalue weighted by atomic mass is 10.0. The van der Waals surface area contributed by atoms with E-state index in [0.717, 1.165) is 23.4 Å². The number of benzene rings is 2. The molecule has 0 aromatic heterocycles. The summed E-state index contributed by atoms with van der Waals surface area (Å²) in [5.74, 6) is 0.0364. The Morgan fingerprint density at radius 1 is 1.00 bits per heavy atom. The van der Waals surface area contributed by atoms with Gasteiger partial charge in [-0.15, -0.1) is 0 Å². The van der Waals surface area contributed by atoms with Crippen molar-refractivity contribution in [2.24, 2.45) is 0 Å². The number of rotatable bonds is 6. The van der Waals surface area contributed by atoms with Crippen LogP contribution in [0.1, 0.15) is 13.3 Å². The largest absolute Gasteiger partial charge is 0.325 e. The minimum absolute atomic E-state index is 0.0364. The van der Waals surface area contributed by atoms with E-state index >= 15 is 0 Å². The molecule has 20 heavy (non-hydrogen) atoms. The maximum atomic E-state index is 11.9. The molecule has 0 saturated carbocycles. The smallest absolute Gasteiger partial charge is 0.225 e. The van der Waals surface area contributed by atoms with Gasteiger partial charge >= 0.3 is 0 Å². The molecule has 0 aliphatic carbocycles. The van der Waals surface area contributed by atoms with E-state index in [1.54, 1.807) is 0 Å². The molecule has 2 aromatic carbocycles. The standard InChI is InChI=1S/C17H20N2O/c1-2-18-13-12-17(20)19-16-11-7-6-10-15(16)14-8-4-3-5-9-14/h3-11,18H,2,12-13H2,1H3,(H,19,20). The Kier molecular flexibility index (Phi) is 5.33. The van der Waals surface area contributed by atoms with Crippen LogP contribution in [0.25, 0.3) is 11.1 Å². The lowest BCUT2D eigenvalue weighted by Crippen LogP contribution is -2.21. The summed E-state index contributed by atoms with van der Waals surface area (Å²) in [6.45, 7) is 3.62. The van der Waals surface area contributed by atoms with Crippen LogP contribution in [-0.4, -0.2) is 19.0 Å². The topological polar surface area (TPSA) is 41.1 Å². The van der Waals surface area contributed by atoms with Crippen LogP contribution in [0, 0.1) is 0 Å². The summed E-state index contributed by atoms with van der Waals surface area (Å²) in [5.41, 5.74) is 3.01. The molecule has 0 aliphatic rings. The van der Waals surface area contributed by atoms with Crippen LogP contribution >= 0.6 is 0 Å². The third kappa shape index (κ3) is 3.93. The highest BCUT2D eigenvalue weighted by Crippen LogP contribution is 2.27. The van der Waals surface area contributed by atoms with Crippen LogP contribution in [0.15, 0.2) is 54.6 Å². The third-order valence-electron chi connectivity index (χ3n) is 3.06. The number of hydrogen-bond acceptors (Lipinski definition) is 2. The van der Waals surface area contributed by atoms with Crippen molar-refractivity contribution >= 4 is 11.6 Å². The van der Waals surface area contributed by atoms with Crippen LogP contribution in [0.5, 0.6) is 0 Å². The zero-order valence-corrected chi connectivity index (χ0v) is 11.7. The minimum atomic E-state index is 0.0364. The zero-order chi connectivity index (χ0) is 14.2. The van der Waals surface area contributed by atoms with Gasteiger partial charge in [0.15, 0.2) is 0 Å². The van der Waals surface area contributed by atoms with E-state index < -0.39 is 0 Å². The maximum Gasteiger partial charge on any atom is 0.225 e. The first-order valence-corrected chi connectivity index (χ1v) is 6.96. The molecule has 3 nitrogen and oxygen atoms in total. The first-order valence-electron chi connectivity index (χ1n) is 6.96. The molecule has 1 amide bonds. The molecule has 0 saturated heterocycles. The van der Waals surface area contributed by atoms with Crippen molar-refractivity contribution in [3.63, 3.8) is 0 Å². The Labute approximate surface area is 120 Å². The Morgan fingerprint density at radius 2 is 1.70 bits per heavy atom. The Balaban J connectivity index is 2.11. The second-order valence-corrected chi connectivity index (χ2v) is 4.56. The van der Waals surface area contributed by atoms with Gasteiger partial charge in [0.2, 0.25) is 5.91 Å². The Morgan fingerprint density at radius 3 is 2.45 bits per heavy atom. The van der Waals surface area contributed by atoms with Crippen molar-refractivity contribution in [1.29, 1.82) is 0 Å². The van der Waals surface area contributed by atoms with E-state index in [9.17, 15) is 4.79 Å². The molecule has 0 atom stereocenters. The summed E-state index contributed by atoms with van der Waals surface area (Å²) < 4.78 is 0. The third-order valence-corrected chi connectivity index (χ3v) is 3.06. The van der Waals surface area contributed by atoms with E-state index in [1.807, 2.05) is 61.5 Å². The number of carbonyl (C=O) groups excluding carboxylic acids is 1. The summed E-state index contributed by atoms with van der Waals surface area (Å²) in [7, 11) is 0. The molecular weight excluding hydrogens is 248 g/mol. The van der Waals surface area contributed by atoms with Crippen LogP contribution in [-0.2, 0) is 4.79 Å². The van der Waals surface area contributed by atoms with Gasteiger partial charge in [0, 0.05) is 24.2 Å². The summed E-state index contributed by atoms with van der Waals surface area (Å²) in [6, 6.07) is 18.0. The Bertz CT molecular complexity index is 552. The van der Waals surface area contributed by atoms with Gasteiger partial charge in [-0.3, -0.25) is 4.79 Å². The van der Waals surface area contributed by atoms with Crippen LogP contribution in [0.4, 0.5) is 5.69 Å². The number of amides is 1. The first kappa shape index (κ1) is 14.3. The van der Waals surface area contributed by atoms with Crippen molar-refractivity contribution < 1.29 is 4.79 Å². The molecule has 2 aromatic rings. The molecule has 104 valence electrons.